The van der Waals surface area contributed by atoms with E-state index in [-0.39, 0.29) is 24.2 Å². The van der Waals surface area contributed by atoms with E-state index in [2.05, 4.69) is 62.0 Å². The van der Waals surface area contributed by atoms with Gasteiger partial charge in [0, 0.05) is 42.3 Å². The van der Waals surface area contributed by atoms with Crippen molar-refractivity contribution in [2.45, 2.75) is 103 Å². The molecule has 2 aromatic heterocycles. The average molecular weight is 640 g/mol. The van der Waals surface area contributed by atoms with Crippen LogP contribution in [0.15, 0.2) is 55.0 Å². The standard InChI is InChI=1S/C36H45N7O4/c1-35(2,3)46-33(44)42-28-10-7-9-27(28)41-32-38-19-26(20-39-32)24-13-12-23-18-25(15-14-22(23)17-24)29-21-37-31(40-29)30-11-8-16-43(30)34(45)47-36(4,5)6/h12-15,17-21,27-28,30H,7-11,16H2,1-6H3,(H,37,40)(H,42,44)(H,38,39,41)/t27-,28-,30-/m0/s1. The lowest BCUT2D eigenvalue weighted by atomic mass is 10.0. The SMILES string of the molecule is CC(C)(C)OC(=O)N[C@H]1CCC[C@@H]1Nc1ncc(-c2ccc3cc(-c4c[nH]c([C@@H]5CCCN5C(=O)OC(C)(C)C)n4)ccc3c2)cn1. The summed E-state index contributed by atoms with van der Waals surface area (Å²) in [5, 5.41) is 8.58. The van der Waals surface area contributed by atoms with Crippen LogP contribution in [0.1, 0.15) is 85.5 Å². The number of hydrogen-bond donors (Lipinski definition) is 3. The van der Waals surface area contributed by atoms with Crippen LogP contribution in [-0.2, 0) is 9.47 Å². The fraction of sp³-hybridized carbons (Fsp3) is 0.472. The van der Waals surface area contributed by atoms with E-state index in [0.29, 0.717) is 12.5 Å². The van der Waals surface area contributed by atoms with Gasteiger partial charge < -0.3 is 25.1 Å². The van der Waals surface area contributed by atoms with Gasteiger partial charge in [-0.1, -0.05) is 24.3 Å². The first-order valence-electron chi connectivity index (χ1n) is 16.5. The third-order valence-electron chi connectivity index (χ3n) is 8.45. The number of carbonyl (C=O) groups is 2. The highest BCUT2D eigenvalue weighted by Gasteiger charge is 2.35. The highest BCUT2D eigenvalue weighted by molar-refractivity contribution is 5.90. The zero-order chi connectivity index (χ0) is 33.3. The van der Waals surface area contributed by atoms with Gasteiger partial charge in [0.2, 0.25) is 5.95 Å². The zero-order valence-corrected chi connectivity index (χ0v) is 28.1. The highest BCUT2D eigenvalue weighted by Crippen LogP contribution is 2.34. The Morgan fingerprint density at radius 1 is 0.830 bits per heavy atom. The summed E-state index contributed by atoms with van der Waals surface area (Å²) in [6, 6.07) is 12.5. The first-order chi connectivity index (χ1) is 22.3. The van der Waals surface area contributed by atoms with Crippen LogP contribution >= 0.6 is 0 Å². The van der Waals surface area contributed by atoms with Crippen molar-refractivity contribution in [3.05, 3.63) is 60.8 Å². The zero-order valence-electron chi connectivity index (χ0n) is 28.1. The van der Waals surface area contributed by atoms with E-state index in [1.165, 1.54) is 0 Å². The number of rotatable bonds is 6. The number of hydrogen-bond acceptors (Lipinski definition) is 8. The van der Waals surface area contributed by atoms with Crippen LogP contribution in [0.3, 0.4) is 0 Å². The molecule has 2 aliphatic rings. The van der Waals surface area contributed by atoms with Crippen molar-refractivity contribution in [1.29, 1.82) is 0 Å². The number of nitrogens with zero attached hydrogens (tertiary/aromatic N) is 4. The molecule has 1 saturated heterocycles. The second-order valence-electron chi connectivity index (χ2n) is 14.5. The maximum Gasteiger partial charge on any atom is 0.410 e. The van der Waals surface area contributed by atoms with Crippen molar-refractivity contribution in [2.24, 2.45) is 0 Å². The first-order valence-corrected chi connectivity index (χ1v) is 16.5. The molecular formula is C36H45N7O4. The molecule has 11 heteroatoms. The monoisotopic (exact) mass is 639 g/mol. The number of aromatic nitrogens is 4. The number of benzene rings is 2. The molecule has 0 bridgehead atoms. The first kappa shape index (κ1) is 32.3. The summed E-state index contributed by atoms with van der Waals surface area (Å²) in [5.74, 6) is 1.31. The molecule has 1 saturated carbocycles. The largest absolute Gasteiger partial charge is 0.444 e. The van der Waals surface area contributed by atoms with Gasteiger partial charge in [-0.05, 0) is 102 Å². The third kappa shape index (κ3) is 7.84. The van der Waals surface area contributed by atoms with Gasteiger partial charge in [0.05, 0.1) is 17.8 Å². The van der Waals surface area contributed by atoms with Gasteiger partial charge in [-0.15, -0.1) is 0 Å². The summed E-state index contributed by atoms with van der Waals surface area (Å²) >= 11 is 0. The smallest absolute Gasteiger partial charge is 0.410 e. The van der Waals surface area contributed by atoms with Crippen LogP contribution in [0, 0.1) is 0 Å². The summed E-state index contributed by atoms with van der Waals surface area (Å²) in [5.41, 5.74) is 2.69. The molecule has 1 aliphatic heterocycles. The van der Waals surface area contributed by atoms with E-state index in [0.717, 1.165) is 71.1 Å². The number of ether oxygens (including phenoxy) is 2. The van der Waals surface area contributed by atoms with Gasteiger partial charge >= 0.3 is 12.2 Å². The molecule has 47 heavy (non-hydrogen) atoms. The van der Waals surface area contributed by atoms with Gasteiger partial charge in [-0.3, -0.25) is 4.90 Å². The van der Waals surface area contributed by atoms with Crippen molar-refractivity contribution < 1.29 is 19.1 Å². The molecule has 2 amide bonds. The fourth-order valence-electron chi connectivity index (χ4n) is 6.31. The molecular weight excluding hydrogens is 594 g/mol. The molecule has 248 valence electrons. The lowest BCUT2D eigenvalue weighted by molar-refractivity contribution is 0.0218. The molecule has 3 heterocycles. The molecule has 4 aromatic rings. The Bertz CT molecular complexity index is 1740. The maximum absolute atomic E-state index is 12.8. The number of H-pyrrole nitrogens is 1. The summed E-state index contributed by atoms with van der Waals surface area (Å²) < 4.78 is 11.1. The van der Waals surface area contributed by atoms with E-state index in [1.54, 1.807) is 4.90 Å². The molecule has 2 aromatic carbocycles. The summed E-state index contributed by atoms with van der Waals surface area (Å²) in [6.45, 7) is 11.9. The van der Waals surface area contributed by atoms with Gasteiger partial charge in [0.15, 0.2) is 0 Å². The molecule has 11 nitrogen and oxygen atoms in total. The highest BCUT2D eigenvalue weighted by atomic mass is 16.6. The van der Waals surface area contributed by atoms with Crippen LogP contribution in [0.5, 0.6) is 0 Å². The number of carbonyl (C=O) groups excluding carboxylic acids is 2. The van der Waals surface area contributed by atoms with Crippen LogP contribution in [0.2, 0.25) is 0 Å². The molecule has 0 spiro atoms. The van der Waals surface area contributed by atoms with E-state index >= 15 is 0 Å². The summed E-state index contributed by atoms with van der Waals surface area (Å²) in [6.07, 6.45) is 9.41. The summed E-state index contributed by atoms with van der Waals surface area (Å²) in [7, 11) is 0. The van der Waals surface area contributed by atoms with Crippen molar-refractivity contribution >= 4 is 28.9 Å². The summed E-state index contributed by atoms with van der Waals surface area (Å²) in [4.78, 5) is 44.2. The quantitative estimate of drug-likeness (QED) is 0.196. The second kappa shape index (κ2) is 12.8. The average Bonchev–Trinajstić information content (AvgIpc) is 3.77. The van der Waals surface area contributed by atoms with Crippen LogP contribution < -0.4 is 10.6 Å². The molecule has 0 unspecified atom stereocenters. The lowest BCUT2D eigenvalue weighted by Crippen LogP contribution is -2.45. The number of aromatic amines is 1. The Morgan fingerprint density at radius 2 is 1.49 bits per heavy atom. The molecule has 3 N–H and O–H groups in total. The van der Waals surface area contributed by atoms with E-state index in [4.69, 9.17) is 14.5 Å². The molecule has 1 aliphatic carbocycles. The maximum atomic E-state index is 12.8. The minimum atomic E-state index is -0.542. The normalized spacial score (nSPS) is 20.0. The fourth-order valence-corrected chi connectivity index (χ4v) is 6.31. The van der Waals surface area contributed by atoms with Crippen LogP contribution in [-0.4, -0.2) is 66.9 Å². The Kier molecular flexibility index (Phi) is 8.82. The number of nitrogens with one attached hydrogen (secondary N) is 3. The minimum Gasteiger partial charge on any atom is -0.444 e. The van der Waals surface area contributed by atoms with Gasteiger partial charge in [0.1, 0.15) is 17.0 Å². The number of imidazole rings is 1. The van der Waals surface area contributed by atoms with Crippen molar-refractivity contribution in [3.8, 4) is 22.4 Å². The minimum absolute atomic E-state index is 0.0379. The number of likely N-dealkylation sites (tertiary alicyclic amines) is 1. The molecule has 2 fully saturated rings. The Morgan fingerprint density at radius 3 is 2.19 bits per heavy atom. The molecule has 3 atom stereocenters. The number of amides is 2. The van der Waals surface area contributed by atoms with Crippen LogP contribution in [0.4, 0.5) is 15.5 Å². The predicted octanol–water partition coefficient (Wildman–Crippen LogP) is 7.62. The van der Waals surface area contributed by atoms with E-state index in [1.807, 2.05) is 60.1 Å². The second-order valence-corrected chi connectivity index (χ2v) is 14.5. The Labute approximate surface area is 275 Å². The van der Waals surface area contributed by atoms with Crippen molar-refractivity contribution in [3.63, 3.8) is 0 Å². The van der Waals surface area contributed by atoms with E-state index < -0.39 is 17.3 Å². The van der Waals surface area contributed by atoms with Crippen molar-refractivity contribution in [2.75, 3.05) is 11.9 Å². The van der Waals surface area contributed by atoms with Gasteiger partial charge in [0.25, 0.3) is 0 Å². The topological polar surface area (TPSA) is 134 Å². The number of alkyl carbamates (subject to hydrolysis) is 1. The van der Waals surface area contributed by atoms with Gasteiger partial charge in [-0.25, -0.2) is 24.5 Å². The van der Waals surface area contributed by atoms with Crippen LogP contribution in [0.25, 0.3) is 33.2 Å². The lowest BCUT2D eigenvalue weighted by Gasteiger charge is -2.27. The number of anilines is 1. The number of fused-ring (bicyclic) bond motifs is 1. The van der Waals surface area contributed by atoms with Gasteiger partial charge in [-0.2, -0.15) is 0 Å². The molecule has 6 rings (SSSR count). The predicted molar refractivity (Wildman–Crippen MR) is 182 cm³/mol. The third-order valence-corrected chi connectivity index (χ3v) is 8.45. The van der Waals surface area contributed by atoms with E-state index in [9.17, 15) is 9.59 Å². The van der Waals surface area contributed by atoms with Crippen molar-refractivity contribution in [1.82, 2.24) is 30.2 Å². The molecule has 0 radical (unpaired) electrons. The Balaban J connectivity index is 1.11. The Hall–Kier alpha value is -4.67.